The molecule has 0 saturated carbocycles. The van der Waals surface area contributed by atoms with E-state index in [0.717, 1.165) is 32.1 Å². The van der Waals surface area contributed by atoms with Crippen molar-refractivity contribution in [3.05, 3.63) is 12.2 Å². The lowest BCUT2D eigenvalue weighted by Gasteiger charge is -2.25. The largest absolute Gasteiger partial charge is 0.472 e. The summed E-state index contributed by atoms with van der Waals surface area (Å²) in [6.07, 6.45) is 58.8. The number of hydrogen-bond acceptors (Lipinski definition) is 5. The Balaban J connectivity index is 4.18. The Morgan fingerprint density at radius 1 is 0.508 bits per heavy atom. The number of likely N-dealkylation sites (N-methyl/N-ethyl adjacent to an activating group) is 1. The number of aliphatic hydroxyl groups excluding tert-OH is 1. The zero-order valence-corrected chi connectivity index (χ0v) is 45.2. The Morgan fingerprint density at radius 3 is 1.14 bits per heavy atom. The van der Waals surface area contributed by atoms with Crippen molar-refractivity contribution in [1.82, 2.24) is 5.32 Å². The minimum Gasteiger partial charge on any atom is -0.387 e. The van der Waals surface area contributed by atoms with Gasteiger partial charge in [-0.2, -0.15) is 0 Å². The van der Waals surface area contributed by atoms with E-state index in [1.165, 1.54) is 238 Å². The van der Waals surface area contributed by atoms with Gasteiger partial charge in [-0.15, -0.1) is 0 Å². The second kappa shape index (κ2) is 48.3. The summed E-state index contributed by atoms with van der Waals surface area (Å²) in [5.41, 5.74) is 0. The highest BCUT2D eigenvalue weighted by atomic mass is 31.2. The van der Waals surface area contributed by atoms with Gasteiger partial charge < -0.3 is 19.8 Å². The quantitative estimate of drug-likeness (QED) is 0.0243. The van der Waals surface area contributed by atoms with Crippen LogP contribution in [0.3, 0.4) is 0 Å². The van der Waals surface area contributed by atoms with E-state index in [0.29, 0.717) is 17.4 Å². The first kappa shape index (κ1) is 64.2. The molecule has 1 amide bonds. The lowest BCUT2D eigenvalue weighted by molar-refractivity contribution is -0.870. The molecule has 3 unspecified atom stereocenters. The number of allylic oxidation sites excluding steroid dienone is 1. The molecule has 3 atom stereocenters. The molecule has 0 spiro atoms. The topological polar surface area (TPSA) is 105 Å². The standard InChI is InChI=1S/C56H113N2O6P/c1-6-8-10-12-14-16-18-20-22-24-26-27-28-29-30-31-32-33-35-37-39-41-43-45-47-49-55(59)54(53-64-65(61,62)63-52-51-58(3,4)5)57-56(60)50-48-46-44-42-40-38-36-34-25-23-21-19-17-15-13-11-9-7-2/h47,49,54-55,59H,6-46,48,50-53H2,1-5H3,(H-,57,60,61,62)/p+1/b49-47+. The van der Waals surface area contributed by atoms with Crippen molar-refractivity contribution in [2.75, 3.05) is 40.9 Å². The molecule has 388 valence electrons. The third-order valence-electron chi connectivity index (χ3n) is 13.3. The molecule has 0 aromatic heterocycles. The number of phosphoric acid groups is 1. The fraction of sp³-hybridized carbons (Fsp3) is 0.946. The zero-order chi connectivity index (χ0) is 47.8. The van der Waals surface area contributed by atoms with E-state index in [9.17, 15) is 19.4 Å². The molecule has 0 rings (SSSR count). The Bertz CT molecular complexity index is 1070. The fourth-order valence-electron chi connectivity index (χ4n) is 8.75. The number of rotatable bonds is 53. The molecule has 8 nitrogen and oxygen atoms in total. The minimum atomic E-state index is -4.34. The molecule has 0 aliphatic carbocycles. The molecule has 0 aliphatic heterocycles. The first-order chi connectivity index (χ1) is 31.5. The molecule has 0 saturated heterocycles. The third kappa shape index (κ3) is 50.9. The molecule has 0 radical (unpaired) electrons. The fourth-order valence-corrected chi connectivity index (χ4v) is 9.49. The number of hydrogen-bond donors (Lipinski definition) is 3. The Kier molecular flexibility index (Phi) is 47.7. The number of unbranched alkanes of at least 4 members (excludes halogenated alkanes) is 40. The summed E-state index contributed by atoms with van der Waals surface area (Å²) in [7, 11) is 1.59. The van der Waals surface area contributed by atoms with Crippen LogP contribution in [0.2, 0.25) is 0 Å². The van der Waals surface area contributed by atoms with Crippen LogP contribution < -0.4 is 5.32 Å². The summed E-state index contributed by atoms with van der Waals surface area (Å²) in [6.45, 7) is 4.87. The first-order valence-electron chi connectivity index (χ1n) is 28.6. The van der Waals surface area contributed by atoms with Gasteiger partial charge in [-0.3, -0.25) is 13.8 Å². The molecular formula is C56H114N2O6P+. The van der Waals surface area contributed by atoms with Gasteiger partial charge in [0.2, 0.25) is 5.91 Å². The molecule has 9 heteroatoms. The summed E-state index contributed by atoms with van der Waals surface area (Å²) in [6, 6.07) is -0.842. The smallest absolute Gasteiger partial charge is 0.387 e. The van der Waals surface area contributed by atoms with Crippen LogP contribution in [0.25, 0.3) is 0 Å². The molecule has 0 aliphatic rings. The lowest BCUT2D eigenvalue weighted by Crippen LogP contribution is -2.45. The lowest BCUT2D eigenvalue weighted by atomic mass is 10.0. The average Bonchev–Trinajstić information content (AvgIpc) is 3.26. The summed E-state index contributed by atoms with van der Waals surface area (Å²) in [5.74, 6) is -0.170. The molecule has 0 aromatic rings. The van der Waals surface area contributed by atoms with Crippen LogP contribution in [0.4, 0.5) is 0 Å². The van der Waals surface area contributed by atoms with E-state index < -0.39 is 20.0 Å². The highest BCUT2D eigenvalue weighted by Gasteiger charge is 2.27. The molecule has 0 heterocycles. The molecule has 0 fully saturated rings. The summed E-state index contributed by atoms with van der Waals surface area (Å²) in [4.78, 5) is 23.3. The van der Waals surface area contributed by atoms with Gasteiger partial charge in [0.05, 0.1) is 39.9 Å². The molecule has 0 bridgehead atoms. The van der Waals surface area contributed by atoms with Crippen molar-refractivity contribution >= 4 is 13.7 Å². The summed E-state index contributed by atoms with van der Waals surface area (Å²) < 4.78 is 23.7. The van der Waals surface area contributed by atoms with E-state index in [2.05, 4.69) is 19.2 Å². The van der Waals surface area contributed by atoms with Crippen molar-refractivity contribution in [3.8, 4) is 0 Å². The minimum absolute atomic E-state index is 0.0652. The monoisotopic (exact) mass is 942 g/mol. The second-order valence-electron chi connectivity index (χ2n) is 21.0. The molecule has 3 N–H and O–H groups in total. The van der Waals surface area contributed by atoms with Gasteiger partial charge in [0.25, 0.3) is 0 Å². The van der Waals surface area contributed by atoms with Gasteiger partial charge >= 0.3 is 7.82 Å². The number of carbonyl (C=O) groups is 1. The highest BCUT2D eigenvalue weighted by Crippen LogP contribution is 2.43. The second-order valence-corrected chi connectivity index (χ2v) is 22.5. The maximum atomic E-state index is 13.0. The van der Waals surface area contributed by atoms with Crippen LogP contribution in [0.15, 0.2) is 12.2 Å². The van der Waals surface area contributed by atoms with Gasteiger partial charge in [-0.05, 0) is 19.3 Å². The van der Waals surface area contributed by atoms with E-state index in [4.69, 9.17) is 9.05 Å². The number of nitrogens with one attached hydrogen (secondary N) is 1. The maximum Gasteiger partial charge on any atom is 0.472 e. The van der Waals surface area contributed by atoms with Crippen molar-refractivity contribution in [1.29, 1.82) is 0 Å². The Labute approximate surface area is 405 Å². The number of quaternary nitrogens is 1. The number of aliphatic hydroxyl groups is 1. The van der Waals surface area contributed by atoms with Crippen LogP contribution in [0, 0.1) is 0 Å². The summed E-state index contributed by atoms with van der Waals surface area (Å²) in [5, 5.41) is 13.9. The van der Waals surface area contributed by atoms with E-state index in [1.807, 2.05) is 27.2 Å². The average molecular weight is 943 g/mol. The molecule has 0 aromatic carbocycles. The van der Waals surface area contributed by atoms with Crippen LogP contribution in [0.5, 0.6) is 0 Å². The number of phosphoric ester groups is 1. The van der Waals surface area contributed by atoms with Crippen molar-refractivity contribution in [2.24, 2.45) is 0 Å². The Hall–Kier alpha value is -0.760. The number of carbonyl (C=O) groups excluding carboxylic acids is 1. The van der Waals surface area contributed by atoms with E-state index in [-0.39, 0.29) is 19.1 Å². The van der Waals surface area contributed by atoms with Gasteiger partial charge in [-0.1, -0.05) is 276 Å². The van der Waals surface area contributed by atoms with Crippen LogP contribution in [-0.4, -0.2) is 73.4 Å². The van der Waals surface area contributed by atoms with Crippen molar-refractivity contribution in [3.63, 3.8) is 0 Å². The van der Waals surface area contributed by atoms with Crippen LogP contribution in [-0.2, 0) is 18.4 Å². The molecule has 65 heavy (non-hydrogen) atoms. The van der Waals surface area contributed by atoms with Gasteiger partial charge in [0.1, 0.15) is 13.2 Å². The number of nitrogens with zero attached hydrogens (tertiary/aromatic N) is 1. The predicted octanol–water partition coefficient (Wildman–Crippen LogP) is 17.0. The predicted molar refractivity (Wildman–Crippen MR) is 282 cm³/mol. The zero-order valence-electron chi connectivity index (χ0n) is 44.3. The Morgan fingerprint density at radius 2 is 0.815 bits per heavy atom. The van der Waals surface area contributed by atoms with Crippen molar-refractivity contribution < 1.29 is 32.9 Å². The summed E-state index contributed by atoms with van der Waals surface area (Å²) >= 11 is 0. The van der Waals surface area contributed by atoms with Gasteiger partial charge in [0.15, 0.2) is 0 Å². The maximum absolute atomic E-state index is 13.0. The van der Waals surface area contributed by atoms with E-state index >= 15 is 0 Å². The first-order valence-corrected chi connectivity index (χ1v) is 30.1. The SMILES string of the molecule is CCCCCCCCCCCCCCCCCCCCCCCCC/C=C/C(O)C(COP(=O)(O)OCC[N+](C)(C)C)NC(=O)CCCCCCCCCCCCCCCCCCCC. The van der Waals surface area contributed by atoms with Crippen LogP contribution >= 0.6 is 7.82 Å². The third-order valence-corrected chi connectivity index (χ3v) is 14.2. The van der Waals surface area contributed by atoms with Gasteiger partial charge in [0, 0.05) is 6.42 Å². The van der Waals surface area contributed by atoms with Gasteiger partial charge in [-0.25, -0.2) is 4.57 Å². The van der Waals surface area contributed by atoms with Crippen molar-refractivity contribution in [2.45, 2.75) is 302 Å². The van der Waals surface area contributed by atoms with Crippen LogP contribution in [0.1, 0.15) is 290 Å². The van der Waals surface area contributed by atoms with E-state index in [1.54, 1.807) is 6.08 Å². The number of amides is 1. The normalized spacial score (nSPS) is 14.0. The highest BCUT2D eigenvalue weighted by molar-refractivity contribution is 7.47. The molecular weight excluding hydrogens is 828 g/mol.